The van der Waals surface area contributed by atoms with Gasteiger partial charge in [0.2, 0.25) is 0 Å². The topological polar surface area (TPSA) is 64.7 Å². The molecule has 0 aliphatic carbocycles. The van der Waals surface area contributed by atoms with Crippen molar-refractivity contribution in [3.05, 3.63) is 158 Å². The molecule has 0 aliphatic heterocycles. The third-order valence-corrected chi connectivity index (χ3v) is 9.37. The van der Waals surface area contributed by atoms with Crippen molar-refractivity contribution in [1.82, 2.24) is 19.9 Å². The van der Waals surface area contributed by atoms with Gasteiger partial charge in [-0.05, 0) is 62.1 Å². The molecule has 0 atom stereocenters. The van der Waals surface area contributed by atoms with E-state index in [-0.39, 0.29) is 0 Å². The number of pyridine rings is 1. The molecule has 0 bridgehead atoms. The van der Waals surface area contributed by atoms with Crippen LogP contribution in [-0.2, 0) is 0 Å². The van der Waals surface area contributed by atoms with E-state index in [9.17, 15) is 0 Å². The molecule has 3 heterocycles. The van der Waals surface area contributed by atoms with Crippen molar-refractivity contribution in [3.8, 4) is 45.3 Å². The highest BCUT2D eigenvalue weighted by Crippen LogP contribution is 2.38. The van der Waals surface area contributed by atoms with Gasteiger partial charge in [-0.3, -0.25) is 4.98 Å². The smallest absolute Gasteiger partial charge is 0.164 e. The minimum absolute atomic E-state index is 0.629. The second-order valence-corrected chi connectivity index (χ2v) is 12.3. The second-order valence-electron chi connectivity index (χ2n) is 12.3. The Morgan fingerprint density at radius 2 is 0.959 bits per heavy atom. The fraction of sp³-hybridized carbons (Fsp3) is 0. The van der Waals surface area contributed by atoms with Gasteiger partial charge in [-0.1, -0.05) is 121 Å². The zero-order valence-electron chi connectivity index (χ0n) is 26.2. The van der Waals surface area contributed by atoms with Crippen LogP contribution in [0.1, 0.15) is 0 Å². The van der Waals surface area contributed by atoms with Crippen LogP contribution in [0.5, 0.6) is 0 Å². The van der Waals surface area contributed by atoms with Crippen LogP contribution in [0.25, 0.3) is 99.5 Å². The van der Waals surface area contributed by atoms with E-state index in [1.54, 1.807) is 6.20 Å². The van der Waals surface area contributed by atoms with E-state index in [0.717, 1.165) is 71.3 Å². The van der Waals surface area contributed by atoms with Gasteiger partial charge >= 0.3 is 0 Å². The Balaban J connectivity index is 1.16. The van der Waals surface area contributed by atoms with Crippen molar-refractivity contribution in [3.63, 3.8) is 0 Å². The molecule has 228 valence electrons. The molecule has 10 aromatic rings. The van der Waals surface area contributed by atoms with Gasteiger partial charge in [0, 0.05) is 39.2 Å². The maximum atomic E-state index is 6.14. The van der Waals surface area contributed by atoms with Crippen molar-refractivity contribution in [1.29, 1.82) is 0 Å². The third kappa shape index (κ3) is 4.63. The van der Waals surface area contributed by atoms with Gasteiger partial charge in [0.15, 0.2) is 23.1 Å². The van der Waals surface area contributed by atoms with Crippen molar-refractivity contribution in [2.75, 3.05) is 0 Å². The molecule has 5 nitrogen and oxygen atoms in total. The predicted molar refractivity (Wildman–Crippen MR) is 199 cm³/mol. The number of para-hydroxylation sites is 1. The molecule has 0 N–H and O–H groups in total. The van der Waals surface area contributed by atoms with Crippen LogP contribution < -0.4 is 0 Å². The van der Waals surface area contributed by atoms with E-state index in [1.165, 1.54) is 10.8 Å². The zero-order valence-corrected chi connectivity index (χ0v) is 26.2. The summed E-state index contributed by atoms with van der Waals surface area (Å²) >= 11 is 0. The van der Waals surface area contributed by atoms with Gasteiger partial charge in [-0.15, -0.1) is 0 Å². The lowest BCUT2D eigenvalue weighted by molar-refractivity contribution is 0.667. The predicted octanol–water partition coefficient (Wildman–Crippen LogP) is 11.3. The van der Waals surface area contributed by atoms with Crippen LogP contribution in [0.3, 0.4) is 0 Å². The second kappa shape index (κ2) is 10.9. The average Bonchev–Trinajstić information content (AvgIpc) is 3.56. The lowest BCUT2D eigenvalue weighted by atomic mass is 9.96. The number of rotatable bonds is 4. The van der Waals surface area contributed by atoms with Crippen LogP contribution in [0.15, 0.2) is 162 Å². The highest BCUT2D eigenvalue weighted by molar-refractivity contribution is 6.12. The minimum atomic E-state index is 0.629. The van der Waals surface area contributed by atoms with Crippen LogP contribution in [0.2, 0.25) is 0 Å². The third-order valence-electron chi connectivity index (χ3n) is 9.37. The Morgan fingerprint density at radius 3 is 1.69 bits per heavy atom. The van der Waals surface area contributed by atoms with E-state index in [1.807, 2.05) is 24.4 Å². The van der Waals surface area contributed by atoms with Crippen LogP contribution in [0, 0.1) is 0 Å². The summed E-state index contributed by atoms with van der Waals surface area (Å²) in [6.07, 6.45) is 3.71. The average molecular weight is 627 g/mol. The standard InChI is InChI=1S/C44H26N4O/c1-3-10-29-22-33(18-16-27(29)8-1)42-46-43(34-19-17-28-9-2-4-11-30(28)23-34)48-44(47-42)36-14-7-12-31-24-32(20-21-35(31)36)38-25-45-26-40-41(38)37-13-5-6-15-39(37)49-40/h1-26H. The molecule has 49 heavy (non-hydrogen) atoms. The Bertz CT molecular complexity index is 2810. The maximum Gasteiger partial charge on any atom is 0.164 e. The normalized spacial score (nSPS) is 11.7. The fourth-order valence-corrected chi connectivity index (χ4v) is 6.95. The molecule has 0 amide bonds. The first-order valence-electron chi connectivity index (χ1n) is 16.3. The van der Waals surface area contributed by atoms with Crippen molar-refractivity contribution >= 4 is 54.3 Å². The summed E-state index contributed by atoms with van der Waals surface area (Å²) in [6.45, 7) is 0. The summed E-state index contributed by atoms with van der Waals surface area (Å²) in [5, 5.41) is 8.92. The molecule has 0 spiro atoms. The molecular formula is C44H26N4O. The zero-order chi connectivity index (χ0) is 32.3. The Morgan fingerprint density at radius 1 is 0.367 bits per heavy atom. The number of furan rings is 1. The number of hydrogen-bond donors (Lipinski definition) is 0. The Kier molecular flexibility index (Phi) is 6.11. The first kappa shape index (κ1) is 27.4. The summed E-state index contributed by atoms with van der Waals surface area (Å²) in [5.41, 5.74) is 6.57. The molecular weight excluding hydrogens is 601 g/mol. The monoisotopic (exact) mass is 626 g/mol. The molecule has 0 aliphatic rings. The Hall–Kier alpha value is -6.72. The van der Waals surface area contributed by atoms with E-state index in [4.69, 9.17) is 19.4 Å². The molecule has 0 unspecified atom stereocenters. The van der Waals surface area contributed by atoms with Crippen molar-refractivity contribution in [2.24, 2.45) is 0 Å². The summed E-state index contributed by atoms with van der Waals surface area (Å²) in [5.74, 6) is 1.90. The van der Waals surface area contributed by atoms with E-state index < -0.39 is 0 Å². The van der Waals surface area contributed by atoms with Gasteiger partial charge in [-0.25, -0.2) is 15.0 Å². The highest BCUT2D eigenvalue weighted by atomic mass is 16.3. The summed E-state index contributed by atoms with van der Waals surface area (Å²) < 4.78 is 6.14. The van der Waals surface area contributed by atoms with Gasteiger partial charge in [0.05, 0.1) is 6.20 Å². The molecule has 0 radical (unpaired) electrons. The molecule has 5 heteroatoms. The molecule has 7 aromatic carbocycles. The number of hydrogen-bond acceptors (Lipinski definition) is 5. The largest absolute Gasteiger partial charge is 0.454 e. The maximum absolute atomic E-state index is 6.14. The minimum Gasteiger partial charge on any atom is -0.454 e. The van der Waals surface area contributed by atoms with Gasteiger partial charge in [-0.2, -0.15) is 0 Å². The lowest BCUT2D eigenvalue weighted by Crippen LogP contribution is -2.00. The lowest BCUT2D eigenvalue weighted by Gasteiger charge is -2.12. The van der Waals surface area contributed by atoms with Crippen LogP contribution in [0.4, 0.5) is 0 Å². The molecule has 0 saturated carbocycles. The number of benzene rings is 7. The molecule has 3 aromatic heterocycles. The number of nitrogens with zero attached hydrogens (tertiary/aromatic N) is 4. The van der Waals surface area contributed by atoms with E-state index in [2.05, 4.69) is 132 Å². The number of fused-ring (bicyclic) bond motifs is 6. The van der Waals surface area contributed by atoms with Gasteiger partial charge in [0.1, 0.15) is 5.58 Å². The van der Waals surface area contributed by atoms with Crippen LogP contribution >= 0.6 is 0 Å². The Labute approximate surface area is 281 Å². The molecule has 0 fully saturated rings. The molecule has 0 saturated heterocycles. The number of aromatic nitrogens is 4. The SMILES string of the molecule is c1ccc2cc(-c3nc(-c4ccc5ccccc5c4)nc(-c4cccc5cc(-c6cncc7oc8ccccc8c67)ccc45)n3)ccc2c1. The van der Waals surface area contributed by atoms with Gasteiger partial charge < -0.3 is 4.42 Å². The molecule has 10 rings (SSSR count). The van der Waals surface area contributed by atoms with Crippen molar-refractivity contribution in [2.45, 2.75) is 0 Å². The van der Waals surface area contributed by atoms with E-state index in [0.29, 0.717) is 17.5 Å². The van der Waals surface area contributed by atoms with Gasteiger partial charge in [0.25, 0.3) is 0 Å². The summed E-state index contributed by atoms with van der Waals surface area (Å²) in [4.78, 5) is 19.8. The van der Waals surface area contributed by atoms with Crippen LogP contribution in [-0.4, -0.2) is 19.9 Å². The quantitative estimate of drug-likeness (QED) is 0.194. The van der Waals surface area contributed by atoms with Crippen molar-refractivity contribution < 1.29 is 4.42 Å². The first-order chi connectivity index (χ1) is 24.2. The first-order valence-corrected chi connectivity index (χ1v) is 16.3. The van der Waals surface area contributed by atoms with E-state index >= 15 is 0 Å². The summed E-state index contributed by atoms with van der Waals surface area (Å²) in [7, 11) is 0. The summed E-state index contributed by atoms with van der Waals surface area (Å²) in [6, 6.07) is 50.4. The highest BCUT2D eigenvalue weighted by Gasteiger charge is 2.17. The fourth-order valence-electron chi connectivity index (χ4n) is 6.95.